The smallest absolute Gasteiger partial charge is 0.418 e. The molecule has 4 aromatic rings. The number of H-pyrrole nitrogens is 1. The molecule has 42 heavy (non-hydrogen) atoms. The van der Waals surface area contributed by atoms with Gasteiger partial charge in [0.15, 0.2) is 0 Å². The third-order valence-electron chi connectivity index (χ3n) is 7.19. The van der Waals surface area contributed by atoms with Crippen molar-refractivity contribution < 1.29 is 31.1 Å². The monoisotopic (exact) mass is 603 g/mol. The molecular weight excluding hydrogens is 567 g/mol. The average Bonchev–Trinajstić information content (AvgIpc) is 3.38. The molecule has 0 aliphatic rings. The molecule has 1 atom stereocenters. The molecule has 226 valence electrons. The number of para-hydroxylation sites is 1. The SMILES string of the molecule is COCCC(Nc1ccccc1CCS(C)(=O)=O)c1cc(OC)c2[nH]c(-c3ccc(C(C)C)cc3)nc2c1C(F)(F)F. The first-order valence-corrected chi connectivity index (χ1v) is 15.7. The summed E-state index contributed by atoms with van der Waals surface area (Å²) in [5, 5.41) is 3.25. The number of benzene rings is 3. The van der Waals surface area contributed by atoms with Crippen LogP contribution in [0.3, 0.4) is 0 Å². The molecule has 0 bridgehead atoms. The van der Waals surface area contributed by atoms with E-state index in [1.165, 1.54) is 20.3 Å². The zero-order chi connectivity index (χ0) is 30.7. The molecule has 11 heteroatoms. The second-order valence-electron chi connectivity index (χ2n) is 10.6. The third-order valence-corrected chi connectivity index (χ3v) is 8.14. The summed E-state index contributed by atoms with van der Waals surface area (Å²) in [6, 6.07) is 15.1. The van der Waals surface area contributed by atoms with Crippen molar-refractivity contribution in [3.63, 3.8) is 0 Å². The van der Waals surface area contributed by atoms with E-state index in [0.29, 0.717) is 28.6 Å². The number of aromatic nitrogens is 2. The van der Waals surface area contributed by atoms with E-state index in [2.05, 4.69) is 29.1 Å². The molecule has 0 saturated heterocycles. The van der Waals surface area contributed by atoms with Gasteiger partial charge in [-0.2, -0.15) is 13.2 Å². The number of hydrogen-bond donors (Lipinski definition) is 2. The minimum Gasteiger partial charge on any atom is -0.494 e. The Hall–Kier alpha value is -3.57. The van der Waals surface area contributed by atoms with Crippen molar-refractivity contribution in [2.45, 2.75) is 44.8 Å². The highest BCUT2D eigenvalue weighted by Gasteiger charge is 2.40. The number of nitrogens with one attached hydrogen (secondary N) is 2. The highest BCUT2D eigenvalue weighted by atomic mass is 32.2. The van der Waals surface area contributed by atoms with Gasteiger partial charge in [0.1, 0.15) is 32.4 Å². The lowest BCUT2D eigenvalue weighted by atomic mass is 9.95. The van der Waals surface area contributed by atoms with Crippen LogP contribution in [0, 0.1) is 0 Å². The second-order valence-corrected chi connectivity index (χ2v) is 12.9. The number of alkyl halides is 3. The number of ether oxygens (including phenoxy) is 2. The molecule has 0 radical (unpaired) electrons. The summed E-state index contributed by atoms with van der Waals surface area (Å²) in [6.07, 6.45) is -3.18. The molecule has 1 unspecified atom stereocenters. The summed E-state index contributed by atoms with van der Waals surface area (Å²) in [6.45, 7) is 4.31. The number of anilines is 1. The van der Waals surface area contributed by atoms with Crippen molar-refractivity contribution >= 4 is 26.6 Å². The van der Waals surface area contributed by atoms with E-state index in [9.17, 15) is 21.6 Å². The first-order valence-electron chi connectivity index (χ1n) is 13.6. The molecule has 0 aliphatic carbocycles. The zero-order valence-corrected chi connectivity index (χ0v) is 25.1. The number of sulfone groups is 1. The lowest BCUT2D eigenvalue weighted by molar-refractivity contribution is -0.137. The summed E-state index contributed by atoms with van der Waals surface area (Å²) >= 11 is 0. The highest BCUT2D eigenvalue weighted by Crippen LogP contribution is 2.44. The Balaban J connectivity index is 1.87. The molecule has 0 saturated carbocycles. The fourth-order valence-corrected chi connectivity index (χ4v) is 5.55. The van der Waals surface area contributed by atoms with Crippen LogP contribution in [0.2, 0.25) is 0 Å². The van der Waals surface area contributed by atoms with Crippen LogP contribution in [0.4, 0.5) is 18.9 Å². The summed E-state index contributed by atoms with van der Waals surface area (Å²) in [5.74, 6) is 0.743. The maximum atomic E-state index is 14.9. The maximum absolute atomic E-state index is 14.9. The van der Waals surface area contributed by atoms with E-state index < -0.39 is 27.6 Å². The standard InChI is InChI=1S/C31H36F3N3O4S/c1-19(2)20-10-12-22(13-11-20)30-36-28-26(41-4)18-23(27(29(28)37-30)31(32,33)34)25(14-16-40-3)35-24-9-7-6-8-21(24)15-17-42(5,38)39/h6-13,18-19,25,35H,14-17H2,1-5H3,(H,36,37). The van der Waals surface area contributed by atoms with Crippen LogP contribution < -0.4 is 10.1 Å². The van der Waals surface area contributed by atoms with Crippen molar-refractivity contribution in [2.24, 2.45) is 0 Å². The summed E-state index contributed by atoms with van der Waals surface area (Å²) in [7, 11) is -0.359. The van der Waals surface area contributed by atoms with Gasteiger partial charge in [-0.1, -0.05) is 56.3 Å². The van der Waals surface area contributed by atoms with Crippen molar-refractivity contribution in [3.8, 4) is 17.1 Å². The molecule has 2 N–H and O–H groups in total. The average molecular weight is 604 g/mol. The summed E-state index contributed by atoms with van der Waals surface area (Å²) in [5.41, 5.74) is 1.97. The molecule has 7 nitrogen and oxygen atoms in total. The van der Waals surface area contributed by atoms with Crippen LogP contribution >= 0.6 is 0 Å². The Bertz CT molecular complexity index is 1630. The third kappa shape index (κ3) is 7.25. The number of fused-ring (bicyclic) bond motifs is 1. The Morgan fingerprint density at radius 1 is 1.05 bits per heavy atom. The number of nitrogens with zero attached hydrogens (tertiary/aromatic N) is 1. The van der Waals surface area contributed by atoms with Gasteiger partial charge < -0.3 is 19.8 Å². The normalized spacial score (nSPS) is 13.1. The molecule has 0 amide bonds. The van der Waals surface area contributed by atoms with Crippen molar-refractivity contribution in [1.29, 1.82) is 0 Å². The van der Waals surface area contributed by atoms with Gasteiger partial charge in [0.05, 0.1) is 24.5 Å². The maximum Gasteiger partial charge on any atom is 0.418 e. The van der Waals surface area contributed by atoms with Crippen molar-refractivity contribution in [3.05, 3.63) is 76.9 Å². The molecule has 4 rings (SSSR count). The lowest BCUT2D eigenvalue weighted by Crippen LogP contribution is -2.20. The summed E-state index contributed by atoms with van der Waals surface area (Å²) in [4.78, 5) is 7.51. The van der Waals surface area contributed by atoms with Crippen LogP contribution in [0.25, 0.3) is 22.4 Å². The highest BCUT2D eigenvalue weighted by molar-refractivity contribution is 7.90. The number of aryl methyl sites for hydroxylation is 1. The minimum absolute atomic E-state index is 0.0463. The quantitative estimate of drug-likeness (QED) is 0.179. The largest absolute Gasteiger partial charge is 0.494 e. The number of hydrogen-bond acceptors (Lipinski definition) is 6. The molecule has 0 aliphatic heterocycles. The second kappa shape index (κ2) is 12.7. The van der Waals surface area contributed by atoms with E-state index in [0.717, 1.165) is 11.8 Å². The fourth-order valence-electron chi connectivity index (χ4n) is 4.95. The van der Waals surface area contributed by atoms with E-state index in [-0.39, 0.29) is 47.5 Å². The van der Waals surface area contributed by atoms with Crippen molar-refractivity contribution in [1.82, 2.24) is 9.97 Å². The molecule has 0 fully saturated rings. The molecule has 1 heterocycles. The lowest BCUT2D eigenvalue weighted by Gasteiger charge is -2.26. The van der Waals surface area contributed by atoms with Gasteiger partial charge >= 0.3 is 6.18 Å². The number of halogens is 3. The van der Waals surface area contributed by atoms with Gasteiger partial charge in [-0.15, -0.1) is 0 Å². The van der Waals surface area contributed by atoms with Crippen molar-refractivity contribution in [2.75, 3.05) is 38.2 Å². The van der Waals surface area contributed by atoms with Gasteiger partial charge in [0, 0.05) is 31.2 Å². The van der Waals surface area contributed by atoms with Gasteiger partial charge in [-0.25, -0.2) is 13.4 Å². The zero-order valence-electron chi connectivity index (χ0n) is 24.3. The Morgan fingerprint density at radius 3 is 2.33 bits per heavy atom. The Morgan fingerprint density at radius 2 is 1.74 bits per heavy atom. The molecule has 1 aromatic heterocycles. The van der Waals surface area contributed by atoms with Crippen LogP contribution in [-0.4, -0.2) is 51.2 Å². The Labute approximate surface area is 244 Å². The van der Waals surface area contributed by atoms with E-state index in [4.69, 9.17) is 9.47 Å². The molecular formula is C31H36F3N3O4S. The first kappa shape index (κ1) is 31.4. The number of rotatable bonds is 12. The van der Waals surface area contributed by atoms with Crippen LogP contribution in [0.15, 0.2) is 54.6 Å². The van der Waals surface area contributed by atoms with Gasteiger partial charge in [-0.3, -0.25) is 0 Å². The number of aromatic amines is 1. The van der Waals surface area contributed by atoms with Gasteiger partial charge in [0.25, 0.3) is 0 Å². The van der Waals surface area contributed by atoms with Gasteiger partial charge in [-0.05, 0) is 47.6 Å². The predicted molar refractivity (Wildman–Crippen MR) is 160 cm³/mol. The molecule has 0 spiro atoms. The van der Waals surface area contributed by atoms with Gasteiger partial charge in [0.2, 0.25) is 0 Å². The number of imidazole rings is 1. The fraction of sp³-hybridized carbons (Fsp3) is 0.387. The first-order chi connectivity index (χ1) is 19.8. The van der Waals surface area contributed by atoms with E-state index in [1.807, 2.05) is 24.3 Å². The Kier molecular flexibility index (Phi) is 9.52. The topological polar surface area (TPSA) is 93.3 Å². The molecule has 3 aromatic carbocycles. The predicted octanol–water partition coefficient (Wildman–Crippen LogP) is 7.16. The van der Waals surface area contributed by atoms with Crippen LogP contribution in [0.1, 0.15) is 54.5 Å². The van der Waals surface area contributed by atoms with E-state index >= 15 is 0 Å². The van der Waals surface area contributed by atoms with E-state index in [1.54, 1.807) is 24.3 Å². The van der Waals surface area contributed by atoms with Crippen LogP contribution in [-0.2, 0) is 27.2 Å². The van der Waals surface area contributed by atoms with Crippen LogP contribution in [0.5, 0.6) is 5.75 Å². The number of methoxy groups -OCH3 is 2. The minimum atomic E-state index is -4.74. The summed E-state index contributed by atoms with van der Waals surface area (Å²) < 4.78 is 79.2.